The molecule has 1 N–H and O–H groups in total. The molecule has 1 rings (SSSR count). The molecule has 0 spiro atoms. The molecular formula is C9H11BrOS. The quantitative estimate of drug-likeness (QED) is 0.809. The van der Waals surface area contributed by atoms with Crippen LogP contribution in [-0.4, -0.2) is 11.4 Å². The first-order chi connectivity index (χ1) is 5.65. The lowest BCUT2D eigenvalue weighted by atomic mass is 10.1. The summed E-state index contributed by atoms with van der Waals surface area (Å²) in [5.41, 5.74) is 0.991. The molecule has 0 aliphatic heterocycles. The van der Waals surface area contributed by atoms with Gasteiger partial charge in [0.1, 0.15) is 0 Å². The lowest BCUT2D eigenvalue weighted by Crippen LogP contribution is -1.93. The van der Waals surface area contributed by atoms with Crippen molar-refractivity contribution in [3.05, 3.63) is 28.2 Å². The number of hydrogen-bond acceptors (Lipinski definition) is 2. The molecule has 0 aromatic heterocycles. The summed E-state index contributed by atoms with van der Waals surface area (Å²) in [5, 5.41) is 9.40. The van der Waals surface area contributed by atoms with Gasteiger partial charge in [-0.25, -0.2) is 0 Å². The van der Waals surface area contributed by atoms with Crippen LogP contribution in [0.2, 0.25) is 0 Å². The largest absolute Gasteiger partial charge is 0.389 e. The van der Waals surface area contributed by atoms with Crippen molar-refractivity contribution in [3.8, 4) is 0 Å². The zero-order valence-electron chi connectivity index (χ0n) is 7.04. The summed E-state index contributed by atoms with van der Waals surface area (Å²) in [7, 11) is 0. The van der Waals surface area contributed by atoms with Gasteiger partial charge in [0, 0.05) is 9.37 Å². The third-order valence-electron chi connectivity index (χ3n) is 1.65. The van der Waals surface area contributed by atoms with Crippen molar-refractivity contribution in [1.29, 1.82) is 0 Å². The molecular weight excluding hydrogens is 236 g/mol. The Labute approximate surface area is 85.3 Å². The Hall–Kier alpha value is 0.01000. The summed E-state index contributed by atoms with van der Waals surface area (Å²) in [6.07, 6.45) is 1.62. The molecule has 0 fully saturated rings. The van der Waals surface area contributed by atoms with Crippen molar-refractivity contribution in [2.24, 2.45) is 0 Å². The van der Waals surface area contributed by atoms with E-state index in [0.29, 0.717) is 0 Å². The maximum absolute atomic E-state index is 9.40. The molecule has 3 heteroatoms. The monoisotopic (exact) mass is 246 g/mol. The fourth-order valence-electron chi connectivity index (χ4n) is 1.03. The molecule has 1 unspecified atom stereocenters. The first kappa shape index (κ1) is 10.1. The lowest BCUT2D eigenvalue weighted by Gasteiger charge is -2.09. The standard InChI is InChI=1S/C9H11BrOS/c1-6(11)8-4-3-7(10)5-9(8)12-2/h3-6,11H,1-2H3. The molecule has 0 aliphatic carbocycles. The number of aliphatic hydroxyl groups excluding tert-OH is 1. The molecule has 1 atom stereocenters. The molecule has 1 nitrogen and oxygen atoms in total. The third-order valence-corrected chi connectivity index (χ3v) is 2.93. The summed E-state index contributed by atoms with van der Waals surface area (Å²) >= 11 is 5.04. The van der Waals surface area contributed by atoms with E-state index in [-0.39, 0.29) is 6.10 Å². The van der Waals surface area contributed by atoms with Crippen molar-refractivity contribution in [3.63, 3.8) is 0 Å². The summed E-state index contributed by atoms with van der Waals surface area (Å²) in [6, 6.07) is 5.91. The van der Waals surface area contributed by atoms with Gasteiger partial charge in [-0.3, -0.25) is 0 Å². The van der Waals surface area contributed by atoms with E-state index in [4.69, 9.17) is 0 Å². The Kier molecular flexibility index (Phi) is 3.62. The van der Waals surface area contributed by atoms with Crippen LogP contribution in [0.5, 0.6) is 0 Å². The Balaban J connectivity index is 3.11. The zero-order valence-corrected chi connectivity index (χ0v) is 9.45. The van der Waals surface area contributed by atoms with Crippen LogP contribution in [0.25, 0.3) is 0 Å². The molecule has 0 radical (unpaired) electrons. The molecule has 12 heavy (non-hydrogen) atoms. The number of rotatable bonds is 2. The Morgan fingerprint density at radius 3 is 2.67 bits per heavy atom. The summed E-state index contributed by atoms with van der Waals surface area (Å²) in [6.45, 7) is 1.78. The van der Waals surface area contributed by atoms with Crippen LogP contribution < -0.4 is 0 Å². The fourth-order valence-corrected chi connectivity index (χ4v) is 2.26. The van der Waals surface area contributed by atoms with Crippen LogP contribution in [0.1, 0.15) is 18.6 Å². The molecule has 1 aromatic rings. The van der Waals surface area contributed by atoms with Gasteiger partial charge in [-0.2, -0.15) is 0 Å². The molecule has 1 aromatic carbocycles. The second kappa shape index (κ2) is 4.30. The van der Waals surface area contributed by atoms with Crippen molar-refractivity contribution in [2.75, 3.05) is 6.26 Å². The maximum atomic E-state index is 9.40. The molecule has 0 aliphatic rings. The van der Waals surface area contributed by atoms with E-state index in [1.165, 1.54) is 0 Å². The van der Waals surface area contributed by atoms with Crippen molar-refractivity contribution in [2.45, 2.75) is 17.9 Å². The lowest BCUT2D eigenvalue weighted by molar-refractivity contribution is 0.196. The molecule has 0 amide bonds. The molecule has 0 saturated carbocycles. The SMILES string of the molecule is CSc1cc(Br)ccc1C(C)O. The Morgan fingerprint density at radius 2 is 2.17 bits per heavy atom. The highest BCUT2D eigenvalue weighted by molar-refractivity contribution is 9.10. The van der Waals surface area contributed by atoms with Crippen molar-refractivity contribution >= 4 is 27.7 Å². The van der Waals surface area contributed by atoms with E-state index in [0.717, 1.165) is 14.9 Å². The highest BCUT2D eigenvalue weighted by Crippen LogP contribution is 2.28. The van der Waals surface area contributed by atoms with Crippen molar-refractivity contribution in [1.82, 2.24) is 0 Å². The minimum absolute atomic E-state index is 0.388. The summed E-state index contributed by atoms with van der Waals surface area (Å²) in [5.74, 6) is 0. The first-order valence-corrected chi connectivity index (χ1v) is 5.68. The summed E-state index contributed by atoms with van der Waals surface area (Å²) < 4.78 is 1.05. The zero-order chi connectivity index (χ0) is 9.14. The van der Waals surface area contributed by atoms with Gasteiger partial charge in [-0.15, -0.1) is 11.8 Å². The maximum Gasteiger partial charge on any atom is 0.0772 e. The smallest absolute Gasteiger partial charge is 0.0772 e. The fraction of sp³-hybridized carbons (Fsp3) is 0.333. The van der Waals surface area contributed by atoms with Gasteiger partial charge in [-0.05, 0) is 30.9 Å². The van der Waals surface area contributed by atoms with Crippen LogP contribution in [0.15, 0.2) is 27.6 Å². The van der Waals surface area contributed by atoms with Gasteiger partial charge in [-0.1, -0.05) is 22.0 Å². The summed E-state index contributed by atoms with van der Waals surface area (Å²) in [4.78, 5) is 1.12. The van der Waals surface area contributed by atoms with E-state index in [2.05, 4.69) is 15.9 Å². The second-order valence-electron chi connectivity index (χ2n) is 2.56. The van der Waals surface area contributed by atoms with Gasteiger partial charge in [0.15, 0.2) is 0 Å². The topological polar surface area (TPSA) is 20.2 Å². The second-order valence-corrected chi connectivity index (χ2v) is 4.33. The van der Waals surface area contributed by atoms with Crippen molar-refractivity contribution < 1.29 is 5.11 Å². The highest BCUT2D eigenvalue weighted by Gasteiger charge is 2.06. The molecule has 0 heterocycles. The van der Waals surface area contributed by atoms with Gasteiger partial charge in [0.05, 0.1) is 6.10 Å². The van der Waals surface area contributed by atoms with Crippen LogP contribution in [0.3, 0.4) is 0 Å². The van der Waals surface area contributed by atoms with E-state index >= 15 is 0 Å². The van der Waals surface area contributed by atoms with Crippen LogP contribution in [-0.2, 0) is 0 Å². The van der Waals surface area contributed by atoms with Crippen LogP contribution >= 0.6 is 27.7 Å². The van der Waals surface area contributed by atoms with E-state index < -0.39 is 0 Å². The van der Waals surface area contributed by atoms with Gasteiger partial charge < -0.3 is 5.11 Å². The number of hydrogen-bond donors (Lipinski definition) is 1. The molecule has 0 bridgehead atoms. The third kappa shape index (κ3) is 2.25. The molecule has 66 valence electrons. The minimum atomic E-state index is -0.388. The normalized spacial score (nSPS) is 13.0. The Morgan fingerprint density at radius 1 is 1.50 bits per heavy atom. The van der Waals surface area contributed by atoms with E-state index in [1.54, 1.807) is 18.7 Å². The number of aliphatic hydroxyl groups is 1. The van der Waals surface area contributed by atoms with Gasteiger partial charge >= 0.3 is 0 Å². The number of benzene rings is 1. The number of thioether (sulfide) groups is 1. The average Bonchev–Trinajstić information content (AvgIpc) is 2.03. The predicted octanol–water partition coefficient (Wildman–Crippen LogP) is 3.22. The average molecular weight is 247 g/mol. The number of halogens is 1. The first-order valence-electron chi connectivity index (χ1n) is 3.66. The highest BCUT2D eigenvalue weighted by atomic mass is 79.9. The van der Waals surface area contributed by atoms with Gasteiger partial charge in [0.2, 0.25) is 0 Å². The minimum Gasteiger partial charge on any atom is -0.389 e. The van der Waals surface area contributed by atoms with Crippen LogP contribution in [0.4, 0.5) is 0 Å². The van der Waals surface area contributed by atoms with E-state index in [1.807, 2.05) is 24.5 Å². The van der Waals surface area contributed by atoms with Crippen LogP contribution in [0, 0.1) is 0 Å². The van der Waals surface area contributed by atoms with E-state index in [9.17, 15) is 5.11 Å². The van der Waals surface area contributed by atoms with Gasteiger partial charge in [0.25, 0.3) is 0 Å². The predicted molar refractivity (Wildman–Crippen MR) is 56.6 cm³/mol. The molecule has 0 saturated heterocycles. The Bertz CT molecular complexity index is 273.